The first-order valence-corrected chi connectivity index (χ1v) is 7.66. The Hall–Kier alpha value is -0.570. The van der Waals surface area contributed by atoms with Crippen molar-refractivity contribution in [3.63, 3.8) is 0 Å². The molecule has 1 saturated carbocycles. The molecular formula is C15H30N2O. The van der Waals surface area contributed by atoms with Gasteiger partial charge in [0.05, 0.1) is 6.54 Å². The molecule has 0 spiro atoms. The minimum Gasteiger partial charge on any atom is -0.353 e. The monoisotopic (exact) mass is 254 g/mol. The predicted molar refractivity (Wildman–Crippen MR) is 76.6 cm³/mol. The van der Waals surface area contributed by atoms with Gasteiger partial charge in [0.2, 0.25) is 5.91 Å². The standard InChI is InChI=1S/C15H30N2O/c1-4-12(2)17-15(18)11-16-13(3)14-9-7-5-6-8-10-14/h12-14,16H,4-11H2,1-3H3,(H,17,18)/t12?,13-/m0/s1. The lowest BCUT2D eigenvalue weighted by molar-refractivity contribution is -0.121. The summed E-state index contributed by atoms with van der Waals surface area (Å²) < 4.78 is 0. The number of hydrogen-bond acceptors (Lipinski definition) is 2. The lowest BCUT2D eigenvalue weighted by Crippen LogP contribution is -2.43. The molecule has 0 aromatic heterocycles. The van der Waals surface area contributed by atoms with E-state index in [4.69, 9.17) is 0 Å². The summed E-state index contributed by atoms with van der Waals surface area (Å²) in [6, 6.07) is 0.748. The van der Waals surface area contributed by atoms with Gasteiger partial charge >= 0.3 is 0 Å². The van der Waals surface area contributed by atoms with Crippen molar-refractivity contribution in [2.75, 3.05) is 6.54 Å². The fourth-order valence-corrected chi connectivity index (χ4v) is 2.66. The number of amides is 1. The summed E-state index contributed by atoms with van der Waals surface area (Å²) in [6.07, 6.45) is 9.12. The second-order valence-corrected chi connectivity index (χ2v) is 5.80. The molecular weight excluding hydrogens is 224 g/mol. The van der Waals surface area contributed by atoms with E-state index in [9.17, 15) is 4.79 Å². The molecule has 1 fully saturated rings. The average molecular weight is 254 g/mol. The third-order valence-electron chi connectivity index (χ3n) is 4.21. The van der Waals surface area contributed by atoms with E-state index < -0.39 is 0 Å². The molecule has 3 nitrogen and oxygen atoms in total. The largest absolute Gasteiger partial charge is 0.353 e. The highest BCUT2D eigenvalue weighted by Gasteiger charge is 2.19. The molecule has 0 bridgehead atoms. The summed E-state index contributed by atoms with van der Waals surface area (Å²) in [6.45, 7) is 6.83. The quantitative estimate of drug-likeness (QED) is 0.716. The zero-order valence-corrected chi connectivity index (χ0v) is 12.3. The molecule has 2 N–H and O–H groups in total. The number of rotatable bonds is 6. The molecule has 0 aromatic rings. The molecule has 1 aliphatic carbocycles. The molecule has 1 unspecified atom stereocenters. The molecule has 2 atom stereocenters. The van der Waals surface area contributed by atoms with Crippen molar-refractivity contribution < 1.29 is 4.79 Å². The molecule has 0 radical (unpaired) electrons. The van der Waals surface area contributed by atoms with Crippen LogP contribution in [0.4, 0.5) is 0 Å². The predicted octanol–water partition coefficient (Wildman–Crippen LogP) is 2.85. The first-order chi connectivity index (χ1) is 8.63. The Morgan fingerprint density at radius 3 is 2.33 bits per heavy atom. The van der Waals surface area contributed by atoms with Crippen molar-refractivity contribution in [2.45, 2.75) is 77.8 Å². The van der Waals surface area contributed by atoms with Gasteiger partial charge in [-0.3, -0.25) is 4.79 Å². The second kappa shape index (κ2) is 8.52. The van der Waals surface area contributed by atoms with Crippen LogP contribution in [0.25, 0.3) is 0 Å². The topological polar surface area (TPSA) is 41.1 Å². The highest BCUT2D eigenvalue weighted by Crippen LogP contribution is 2.25. The molecule has 3 heteroatoms. The Labute approximate surface area is 112 Å². The maximum atomic E-state index is 11.7. The van der Waals surface area contributed by atoms with E-state index in [1.165, 1.54) is 38.5 Å². The Morgan fingerprint density at radius 1 is 1.17 bits per heavy atom. The molecule has 1 aliphatic rings. The summed E-state index contributed by atoms with van der Waals surface area (Å²) in [5.74, 6) is 0.883. The molecule has 18 heavy (non-hydrogen) atoms. The summed E-state index contributed by atoms with van der Waals surface area (Å²) in [5.41, 5.74) is 0. The minimum atomic E-state index is 0.129. The van der Waals surface area contributed by atoms with E-state index in [-0.39, 0.29) is 11.9 Å². The first-order valence-electron chi connectivity index (χ1n) is 7.66. The van der Waals surface area contributed by atoms with Crippen LogP contribution in [0.15, 0.2) is 0 Å². The second-order valence-electron chi connectivity index (χ2n) is 5.80. The van der Waals surface area contributed by atoms with Crippen LogP contribution in [0.2, 0.25) is 0 Å². The maximum Gasteiger partial charge on any atom is 0.234 e. The van der Waals surface area contributed by atoms with Crippen LogP contribution in [0.1, 0.15) is 65.7 Å². The lowest BCUT2D eigenvalue weighted by Gasteiger charge is -2.23. The number of carbonyl (C=O) groups excluding carboxylic acids is 1. The maximum absolute atomic E-state index is 11.7. The molecule has 1 amide bonds. The van der Waals surface area contributed by atoms with Gasteiger partial charge < -0.3 is 10.6 Å². The van der Waals surface area contributed by atoms with E-state index >= 15 is 0 Å². The van der Waals surface area contributed by atoms with Crippen molar-refractivity contribution in [3.8, 4) is 0 Å². The van der Waals surface area contributed by atoms with Crippen molar-refractivity contribution in [2.24, 2.45) is 5.92 Å². The van der Waals surface area contributed by atoms with Crippen LogP contribution < -0.4 is 10.6 Å². The first kappa shape index (κ1) is 15.5. The van der Waals surface area contributed by atoms with Gasteiger partial charge in [0.15, 0.2) is 0 Å². The molecule has 0 aromatic carbocycles. The number of carbonyl (C=O) groups is 1. The van der Waals surface area contributed by atoms with Gasteiger partial charge in [-0.2, -0.15) is 0 Å². The normalized spacial score (nSPS) is 21.1. The summed E-state index contributed by atoms with van der Waals surface area (Å²) in [5, 5.41) is 6.40. The van der Waals surface area contributed by atoms with Crippen molar-refractivity contribution >= 4 is 5.91 Å². The van der Waals surface area contributed by atoms with Gasteiger partial charge in [-0.1, -0.05) is 32.6 Å². The van der Waals surface area contributed by atoms with Crippen LogP contribution in [0.3, 0.4) is 0 Å². The van der Waals surface area contributed by atoms with Crippen LogP contribution in [0.5, 0.6) is 0 Å². The van der Waals surface area contributed by atoms with Crippen molar-refractivity contribution in [1.29, 1.82) is 0 Å². The SMILES string of the molecule is CCC(C)NC(=O)CN[C@@H](C)C1CCCCCC1. The van der Waals surface area contributed by atoms with Crippen molar-refractivity contribution in [3.05, 3.63) is 0 Å². The Balaban J connectivity index is 2.22. The van der Waals surface area contributed by atoms with Gasteiger partial charge in [-0.25, -0.2) is 0 Å². The minimum absolute atomic E-state index is 0.129. The summed E-state index contributed by atoms with van der Waals surface area (Å²) >= 11 is 0. The van der Waals surface area contributed by atoms with E-state index in [1.807, 2.05) is 6.92 Å². The van der Waals surface area contributed by atoms with Gasteiger partial charge in [-0.05, 0) is 39.0 Å². The molecule has 1 rings (SSSR count). The summed E-state index contributed by atoms with van der Waals surface area (Å²) in [7, 11) is 0. The fourth-order valence-electron chi connectivity index (χ4n) is 2.66. The van der Waals surface area contributed by atoms with Gasteiger partial charge in [0.1, 0.15) is 0 Å². The van der Waals surface area contributed by atoms with E-state index in [2.05, 4.69) is 24.5 Å². The Bertz CT molecular complexity index is 235. The zero-order valence-electron chi connectivity index (χ0n) is 12.3. The molecule has 106 valence electrons. The fraction of sp³-hybridized carbons (Fsp3) is 0.933. The van der Waals surface area contributed by atoms with Gasteiger partial charge in [-0.15, -0.1) is 0 Å². The van der Waals surface area contributed by atoms with Crippen LogP contribution >= 0.6 is 0 Å². The number of nitrogens with one attached hydrogen (secondary N) is 2. The zero-order chi connectivity index (χ0) is 13.4. The molecule has 0 saturated heterocycles. The van der Waals surface area contributed by atoms with E-state index in [0.29, 0.717) is 12.6 Å². The number of hydrogen-bond donors (Lipinski definition) is 2. The van der Waals surface area contributed by atoms with Crippen LogP contribution in [-0.2, 0) is 4.79 Å². The summed E-state index contributed by atoms with van der Waals surface area (Å²) in [4.78, 5) is 11.7. The van der Waals surface area contributed by atoms with Crippen LogP contribution in [0, 0.1) is 5.92 Å². The van der Waals surface area contributed by atoms with E-state index in [1.54, 1.807) is 0 Å². The highest BCUT2D eigenvalue weighted by atomic mass is 16.1. The van der Waals surface area contributed by atoms with Gasteiger partial charge in [0.25, 0.3) is 0 Å². The van der Waals surface area contributed by atoms with E-state index in [0.717, 1.165) is 12.3 Å². The molecule has 0 aliphatic heterocycles. The highest BCUT2D eigenvalue weighted by molar-refractivity contribution is 5.78. The lowest BCUT2D eigenvalue weighted by atomic mass is 9.93. The average Bonchev–Trinajstić information content (AvgIpc) is 2.64. The Morgan fingerprint density at radius 2 is 1.78 bits per heavy atom. The van der Waals surface area contributed by atoms with Crippen LogP contribution in [-0.4, -0.2) is 24.5 Å². The third-order valence-corrected chi connectivity index (χ3v) is 4.21. The Kier molecular flexibility index (Phi) is 7.33. The smallest absolute Gasteiger partial charge is 0.234 e. The van der Waals surface area contributed by atoms with Crippen molar-refractivity contribution in [1.82, 2.24) is 10.6 Å². The molecule has 0 heterocycles. The third kappa shape index (κ3) is 5.85. The van der Waals surface area contributed by atoms with Gasteiger partial charge in [0, 0.05) is 12.1 Å².